The number of hydrogen-bond donors (Lipinski definition) is 1. The average Bonchev–Trinajstić information content (AvgIpc) is 2.14. The van der Waals surface area contributed by atoms with Gasteiger partial charge in [-0.25, -0.2) is 0 Å². The quantitative estimate of drug-likeness (QED) is 0.625. The van der Waals surface area contributed by atoms with Crippen molar-refractivity contribution in [2.75, 3.05) is 6.61 Å². The minimum atomic E-state index is 0.0417. The van der Waals surface area contributed by atoms with Gasteiger partial charge in [0.05, 0.1) is 18.8 Å². The summed E-state index contributed by atoms with van der Waals surface area (Å²) in [5.41, 5.74) is 0.202. The Hall–Kier alpha value is -0.0800. The van der Waals surface area contributed by atoms with Crippen LogP contribution in [0.5, 0.6) is 0 Å². The van der Waals surface area contributed by atoms with E-state index in [1.807, 2.05) is 0 Å². The van der Waals surface area contributed by atoms with E-state index in [0.29, 0.717) is 5.92 Å². The molecule has 1 aliphatic rings. The van der Waals surface area contributed by atoms with Gasteiger partial charge in [0, 0.05) is 0 Å². The lowest BCUT2D eigenvalue weighted by atomic mass is 9.76. The zero-order chi connectivity index (χ0) is 8.65. The van der Waals surface area contributed by atoms with Crippen LogP contribution in [0.3, 0.4) is 0 Å². The first-order valence-corrected chi connectivity index (χ1v) is 4.26. The molecule has 1 unspecified atom stereocenters. The number of rotatable bonds is 1. The smallest absolute Gasteiger partial charge is 0.0841 e. The van der Waals surface area contributed by atoms with Crippen LogP contribution in [0.15, 0.2) is 0 Å². The summed E-state index contributed by atoms with van der Waals surface area (Å²) in [6.07, 6.45) is 0.301. The Morgan fingerprint density at radius 3 is 2.09 bits per heavy atom. The first-order chi connectivity index (χ1) is 5.00. The predicted molar refractivity (Wildman–Crippen MR) is 44.4 cm³/mol. The second-order valence-corrected chi connectivity index (χ2v) is 4.11. The summed E-state index contributed by atoms with van der Waals surface area (Å²) >= 11 is 0. The van der Waals surface area contributed by atoms with Crippen LogP contribution in [-0.4, -0.2) is 23.9 Å². The summed E-state index contributed by atoms with van der Waals surface area (Å²) < 4.78 is 5.59. The molecule has 1 saturated heterocycles. The summed E-state index contributed by atoms with van der Waals surface area (Å²) in [5, 5.41) is 8.96. The lowest BCUT2D eigenvalue weighted by Gasteiger charge is -2.26. The molecule has 2 heteroatoms. The van der Waals surface area contributed by atoms with Gasteiger partial charge in [-0.2, -0.15) is 0 Å². The van der Waals surface area contributed by atoms with Crippen molar-refractivity contribution < 1.29 is 9.84 Å². The zero-order valence-corrected chi connectivity index (χ0v) is 7.79. The molecule has 1 N–H and O–H groups in total. The highest BCUT2D eigenvalue weighted by Gasteiger charge is 2.44. The minimum absolute atomic E-state index is 0.0417. The van der Waals surface area contributed by atoms with E-state index in [4.69, 9.17) is 9.84 Å². The van der Waals surface area contributed by atoms with E-state index in [0.717, 1.165) is 0 Å². The van der Waals surface area contributed by atoms with Gasteiger partial charge in [-0.1, -0.05) is 20.8 Å². The largest absolute Gasteiger partial charge is 0.394 e. The molecule has 2 nitrogen and oxygen atoms in total. The monoisotopic (exact) mass is 158 g/mol. The van der Waals surface area contributed by atoms with Gasteiger partial charge in [0.25, 0.3) is 0 Å². The molecule has 66 valence electrons. The second kappa shape index (κ2) is 2.76. The topological polar surface area (TPSA) is 29.5 Å². The molecule has 0 aromatic rings. The Labute approximate surface area is 68.6 Å². The van der Waals surface area contributed by atoms with Gasteiger partial charge in [-0.05, 0) is 18.3 Å². The first kappa shape index (κ1) is 9.01. The summed E-state index contributed by atoms with van der Waals surface area (Å²) in [5.74, 6) is 0.447. The van der Waals surface area contributed by atoms with Gasteiger partial charge in [-0.15, -0.1) is 0 Å². The molecule has 0 aromatic heterocycles. The highest BCUT2D eigenvalue weighted by Crippen LogP contribution is 2.42. The van der Waals surface area contributed by atoms with Gasteiger partial charge >= 0.3 is 0 Å². The van der Waals surface area contributed by atoms with E-state index in [1.54, 1.807) is 0 Å². The molecular formula is C9H18O2. The van der Waals surface area contributed by atoms with Crippen molar-refractivity contribution in [3.8, 4) is 0 Å². The third kappa shape index (κ3) is 1.30. The Bertz CT molecular complexity index is 142. The summed E-state index contributed by atoms with van der Waals surface area (Å²) in [6.45, 7) is 8.75. The number of aliphatic hydroxyl groups is 1. The van der Waals surface area contributed by atoms with Crippen LogP contribution in [0, 0.1) is 11.3 Å². The fourth-order valence-electron chi connectivity index (χ4n) is 1.61. The molecule has 0 radical (unpaired) electrons. The van der Waals surface area contributed by atoms with Crippen LogP contribution in [0.25, 0.3) is 0 Å². The van der Waals surface area contributed by atoms with Crippen LogP contribution in [0.4, 0.5) is 0 Å². The SMILES string of the molecule is CC1O[C@H](CO)[C@@H](C)C1(C)C. The lowest BCUT2D eigenvalue weighted by molar-refractivity contribution is 0.00148. The molecule has 0 amide bonds. The van der Waals surface area contributed by atoms with Gasteiger partial charge < -0.3 is 9.84 Å². The Balaban J connectivity index is 2.71. The van der Waals surface area contributed by atoms with Crippen molar-refractivity contribution in [1.29, 1.82) is 0 Å². The highest BCUT2D eigenvalue weighted by molar-refractivity contribution is 4.92. The summed E-state index contributed by atoms with van der Waals surface area (Å²) in [6, 6.07) is 0. The third-order valence-corrected chi connectivity index (χ3v) is 3.34. The molecule has 1 heterocycles. The fourth-order valence-corrected chi connectivity index (χ4v) is 1.61. The molecule has 0 saturated carbocycles. The predicted octanol–water partition coefficient (Wildman–Crippen LogP) is 1.43. The standard InChI is InChI=1S/C9H18O2/c1-6-8(5-10)11-7(2)9(6,3)4/h6-8,10H,5H2,1-4H3/t6-,7?,8-/m1/s1. The second-order valence-electron chi connectivity index (χ2n) is 4.11. The van der Waals surface area contributed by atoms with Crippen LogP contribution >= 0.6 is 0 Å². The van der Waals surface area contributed by atoms with E-state index < -0.39 is 0 Å². The van der Waals surface area contributed by atoms with Crippen LogP contribution in [0.1, 0.15) is 27.7 Å². The van der Waals surface area contributed by atoms with E-state index in [9.17, 15) is 0 Å². The van der Waals surface area contributed by atoms with Crippen molar-refractivity contribution in [1.82, 2.24) is 0 Å². The van der Waals surface area contributed by atoms with E-state index in [1.165, 1.54) is 0 Å². The Morgan fingerprint density at radius 2 is 1.91 bits per heavy atom. The van der Waals surface area contributed by atoms with E-state index in [-0.39, 0.29) is 24.2 Å². The maximum Gasteiger partial charge on any atom is 0.0841 e. The molecule has 0 spiro atoms. The van der Waals surface area contributed by atoms with Crippen LogP contribution in [-0.2, 0) is 4.74 Å². The summed E-state index contributed by atoms with van der Waals surface area (Å²) in [7, 11) is 0. The number of aliphatic hydroxyl groups excluding tert-OH is 1. The van der Waals surface area contributed by atoms with Gasteiger partial charge in [0.2, 0.25) is 0 Å². The number of ether oxygens (including phenoxy) is 1. The Morgan fingerprint density at radius 1 is 1.36 bits per heavy atom. The fraction of sp³-hybridized carbons (Fsp3) is 1.00. The van der Waals surface area contributed by atoms with Crippen molar-refractivity contribution in [3.63, 3.8) is 0 Å². The molecule has 0 aliphatic carbocycles. The van der Waals surface area contributed by atoms with Crippen molar-refractivity contribution in [3.05, 3.63) is 0 Å². The van der Waals surface area contributed by atoms with Crippen LogP contribution in [0.2, 0.25) is 0 Å². The van der Waals surface area contributed by atoms with Gasteiger partial charge in [-0.3, -0.25) is 0 Å². The third-order valence-electron chi connectivity index (χ3n) is 3.34. The minimum Gasteiger partial charge on any atom is -0.394 e. The van der Waals surface area contributed by atoms with Crippen LogP contribution < -0.4 is 0 Å². The van der Waals surface area contributed by atoms with Gasteiger partial charge in [0.1, 0.15) is 0 Å². The van der Waals surface area contributed by atoms with Crippen molar-refractivity contribution in [2.24, 2.45) is 11.3 Å². The van der Waals surface area contributed by atoms with E-state index >= 15 is 0 Å². The zero-order valence-electron chi connectivity index (χ0n) is 7.79. The highest BCUT2D eigenvalue weighted by atomic mass is 16.5. The molecule has 0 bridgehead atoms. The maximum absolute atomic E-state index is 8.96. The molecule has 0 aromatic carbocycles. The average molecular weight is 158 g/mol. The summed E-state index contributed by atoms with van der Waals surface area (Å²) in [4.78, 5) is 0. The van der Waals surface area contributed by atoms with Gasteiger partial charge in [0.15, 0.2) is 0 Å². The molecule has 1 fully saturated rings. The Kier molecular flexibility index (Phi) is 2.26. The normalized spacial score (nSPS) is 42.8. The maximum atomic E-state index is 8.96. The lowest BCUT2D eigenvalue weighted by Crippen LogP contribution is -2.28. The van der Waals surface area contributed by atoms with Crippen molar-refractivity contribution >= 4 is 0 Å². The molecule has 11 heavy (non-hydrogen) atoms. The molecule has 1 aliphatic heterocycles. The molecule has 3 atom stereocenters. The molecular weight excluding hydrogens is 140 g/mol. The first-order valence-electron chi connectivity index (χ1n) is 4.26. The van der Waals surface area contributed by atoms with Crippen molar-refractivity contribution in [2.45, 2.75) is 39.9 Å². The number of hydrogen-bond acceptors (Lipinski definition) is 2. The molecule has 1 rings (SSSR count). The van der Waals surface area contributed by atoms with E-state index in [2.05, 4.69) is 27.7 Å².